The summed E-state index contributed by atoms with van der Waals surface area (Å²) in [4.78, 5) is 30.2. The Balaban J connectivity index is 2.33. The van der Waals surface area contributed by atoms with Crippen molar-refractivity contribution in [3.05, 3.63) is 62.6 Å². The third kappa shape index (κ3) is 3.46. The van der Waals surface area contributed by atoms with Gasteiger partial charge in [0.1, 0.15) is 0 Å². The van der Waals surface area contributed by atoms with E-state index in [-0.39, 0.29) is 5.56 Å². The standard InChI is InChI=1S/C15H14F3N3O3/c1-6-7(2)20-14(23)13(19-6)15(24)21-11(5-22)8-3-9(16)12(18)10(17)4-8/h3-4,11,22H,5H2,1-2H3,(H,20,23)(H,21,24). The van der Waals surface area contributed by atoms with Crippen LogP contribution in [0.4, 0.5) is 13.2 Å². The van der Waals surface area contributed by atoms with Crippen LogP contribution in [-0.4, -0.2) is 27.6 Å². The summed E-state index contributed by atoms with van der Waals surface area (Å²) in [6, 6.07) is 0.0554. The van der Waals surface area contributed by atoms with Crippen LogP contribution in [0.3, 0.4) is 0 Å². The fourth-order valence-corrected chi connectivity index (χ4v) is 2.01. The Labute approximate surface area is 134 Å². The van der Waals surface area contributed by atoms with Crippen molar-refractivity contribution < 1.29 is 23.1 Å². The summed E-state index contributed by atoms with van der Waals surface area (Å²) in [6.07, 6.45) is 0. The second kappa shape index (κ2) is 6.83. The average Bonchev–Trinajstić information content (AvgIpc) is 2.53. The lowest BCUT2D eigenvalue weighted by Crippen LogP contribution is -2.36. The molecule has 0 bridgehead atoms. The van der Waals surface area contributed by atoms with Gasteiger partial charge in [-0.1, -0.05) is 0 Å². The van der Waals surface area contributed by atoms with E-state index >= 15 is 0 Å². The van der Waals surface area contributed by atoms with Gasteiger partial charge >= 0.3 is 0 Å². The number of aliphatic hydroxyl groups is 1. The maximum Gasteiger partial charge on any atom is 0.279 e. The van der Waals surface area contributed by atoms with E-state index in [2.05, 4.69) is 15.3 Å². The van der Waals surface area contributed by atoms with E-state index in [0.717, 1.165) is 0 Å². The molecule has 6 nitrogen and oxygen atoms in total. The first-order valence-electron chi connectivity index (χ1n) is 6.88. The maximum atomic E-state index is 13.3. The Morgan fingerprint density at radius 2 is 1.88 bits per heavy atom. The molecule has 128 valence electrons. The number of amides is 1. The van der Waals surface area contributed by atoms with Crippen LogP contribution in [0.5, 0.6) is 0 Å². The van der Waals surface area contributed by atoms with Crippen molar-refractivity contribution in [2.45, 2.75) is 19.9 Å². The fourth-order valence-electron chi connectivity index (χ4n) is 2.01. The highest BCUT2D eigenvalue weighted by Crippen LogP contribution is 2.19. The zero-order chi connectivity index (χ0) is 18.0. The summed E-state index contributed by atoms with van der Waals surface area (Å²) in [7, 11) is 0. The van der Waals surface area contributed by atoms with Crippen molar-refractivity contribution in [3.8, 4) is 0 Å². The Morgan fingerprint density at radius 1 is 1.29 bits per heavy atom. The summed E-state index contributed by atoms with van der Waals surface area (Å²) in [5, 5.41) is 11.6. The fraction of sp³-hybridized carbons (Fsp3) is 0.267. The first-order chi connectivity index (χ1) is 11.2. The molecule has 1 aromatic heterocycles. The second-order valence-corrected chi connectivity index (χ2v) is 5.13. The number of nitrogens with one attached hydrogen (secondary N) is 2. The lowest BCUT2D eigenvalue weighted by Gasteiger charge is -2.17. The Hall–Kier alpha value is -2.68. The van der Waals surface area contributed by atoms with Crippen LogP contribution in [0.1, 0.15) is 33.5 Å². The molecule has 1 aromatic carbocycles. The number of hydrogen-bond acceptors (Lipinski definition) is 4. The highest BCUT2D eigenvalue weighted by atomic mass is 19.2. The number of aromatic amines is 1. The van der Waals surface area contributed by atoms with E-state index in [9.17, 15) is 27.9 Å². The summed E-state index contributed by atoms with van der Waals surface area (Å²) in [5.41, 5.74) is -0.497. The number of halogens is 3. The molecule has 0 saturated carbocycles. The molecule has 3 N–H and O–H groups in total. The number of H-pyrrole nitrogens is 1. The summed E-state index contributed by atoms with van der Waals surface area (Å²) < 4.78 is 39.5. The highest BCUT2D eigenvalue weighted by molar-refractivity contribution is 5.92. The van der Waals surface area contributed by atoms with Crippen LogP contribution < -0.4 is 10.9 Å². The molecule has 1 unspecified atom stereocenters. The number of hydrogen-bond donors (Lipinski definition) is 3. The number of rotatable bonds is 4. The van der Waals surface area contributed by atoms with E-state index < -0.39 is 47.3 Å². The van der Waals surface area contributed by atoms with E-state index in [4.69, 9.17) is 0 Å². The number of aromatic nitrogens is 2. The van der Waals surface area contributed by atoms with E-state index in [0.29, 0.717) is 23.5 Å². The zero-order valence-electron chi connectivity index (χ0n) is 12.8. The molecule has 1 atom stereocenters. The molecule has 24 heavy (non-hydrogen) atoms. The van der Waals surface area contributed by atoms with Gasteiger partial charge in [0.15, 0.2) is 23.1 Å². The summed E-state index contributed by atoms with van der Waals surface area (Å²) in [5.74, 6) is -5.52. The first kappa shape index (κ1) is 17.7. The monoisotopic (exact) mass is 341 g/mol. The Kier molecular flexibility index (Phi) is 5.03. The highest BCUT2D eigenvalue weighted by Gasteiger charge is 2.22. The quantitative estimate of drug-likeness (QED) is 0.730. The van der Waals surface area contributed by atoms with Gasteiger partial charge in [0, 0.05) is 5.69 Å². The third-order valence-electron chi connectivity index (χ3n) is 3.45. The molecule has 1 heterocycles. The Morgan fingerprint density at radius 3 is 2.42 bits per heavy atom. The van der Waals surface area contributed by atoms with Gasteiger partial charge in [-0.2, -0.15) is 0 Å². The topological polar surface area (TPSA) is 95.1 Å². The van der Waals surface area contributed by atoms with Gasteiger partial charge < -0.3 is 15.4 Å². The van der Waals surface area contributed by atoms with Crippen molar-refractivity contribution in [2.24, 2.45) is 0 Å². The van der Waals surface area contributed by atoms with Crippen molar-refractivity contribution in [1.29, 1.82) is 0 Å². The Bertz CT molecular complexity index is 829. The molecular formula is C15H14F3N3O3. The van der Waals surface area contributed by atoms with Crippen LogP contribution in [-0.2, 0) is 0 Å². The molecule has 1 amide bonds. The molecule has 0 fully saturated rings. The minimum Gasteiger partial charge on any atom is -0.394 e. The van der Waals surface area contributed by atoms with Gasteiger partial charge in [-0.25, -0.2) is 18.2 Å². The predicted molar refractivity (Wildman–Crippen MR) is 77.9 cm³/mol. The minimum absolute atomic E-state index is 0.192. The van der Waals surface area contributed by atoms with Crippen LogP contribution in [0.25, 0.3) is 0 Å². The summed E-state index contributed by atoms with van der Waals surface area (Å²) >= 11 is 0. The van der Waals surface area contributed by atoms with E-state index in [1.54, 1.807) is 13.8 Å². The first-order valence-corrected chi connectivity index (χ1v) is 6.88. The summed E-state index contributed by atoms with van der Waals surface area (Å²) in [6.45, 7) is 2.46. The smallest absolute Gasteiger partial charge is 0.279 e. The van der Waals surface area contributed by atoms with Gasteiger partial charge in [0.05, 0.1) is 18.3 Å². The van der Waals surface area contributed by atoms with Crippen LogP contribution in [0.2, 0.25) is 0 Å². The van der Waals surface area contributed by atoms with Gasteiger partial charge in [-0.3, -0.25) is 9.59 Å². The lowest BCUT2D eigenvalue weighted by atomic mass is 10.1. The maximum absolute atomic E-state index is 13.3. The predicted octanol–water partition coefficient (Wildman–Crippen LogP) is 1.27. The van der Waals surface area contributed by atoms with Gasteiger partial charge in [-0.15, -0.1) is 0 Å². The molecule has 0 aliphatic rings. The molecule has 0 saturated heterocycles. The van der Waals surface area contributed by atoms with Gasteiger partial charge in [0.2, 0.25) is 0 Å². The lowest BCUT2D eigenvalue weighted by molar-refractivity contribution is 0.0908. The minimum atomic E-state index is -1.66. The van der Waals surface area contributed by atoms with E-state index in [1.165, 1.54) is 0 Å². The zero-order valence-corrected chi connectivity index (χ0v) is 12.8. The molecular weight excluding hydrogens is 327 g/mol. The van der Waals surface area contributed by atoms with E-state index in [1.807, 2.05) is 0 Å². The average molecular weight is 341 g/mol. The number of carbonyl (C=O) groups excluding carboxylic acids is 1. The molecule has 2 aromatic rings. The largest absolute Gasteiger partial charge is 0.394 e. The van der Waals surface area contributed by atoms with Gasteiger partial charge in [-0.05, 0) is 31.5 Å². The van der Waals surface area contributed by atoms with Crippen LogP contribution >= 0.6 is 0 Å². The third-order valence-corrected chi connectivity index (χ3v) is 3.45. The molecule has 0 spiro atoms. The molecule has 9 heteroatoms. The number of nitrogens with zero attached hydrogens (tertiary/aromatic N) is 1. The molecule has 0 aliphatic heterocycles. The van der Waals surface area contributed by atoms with Crippen molar-refractivity contribution in [2.75, 3.05) is 6.61 Å². The number of carbonyl (C=O) groups is 1. The molecule has 0 radical (unpaired) electrons. The van der Waals surface area contributed by atoms with Crippen molar-refractivity contribution in [3.63, 3.8) is 0 Å². The number of benzene rings is 1. The van der Waals surface area contributed by atoms with Crippen molar-refractivity contribution in [1.82, 2.24) is 15.3 Å². The molecule has 0 aliphatic carbocycles. The SMILES string of the molecule is Cc1nc(C(=O)NC(CO)c2cc(F)c(F)c(F)c2)c(=O)[nH]c1C. The number of aryl methyl sites for hydroxylation is 2. The van der Waals surface area contributed by atoms with Gasteiger partial charge in [0.25, 0.3) is 11.5 Å². The normalized spacial score (nSPS) is 12.1. The van der Waals surface area contributed by atoms with Crippen LogP contribution in [0, 0.1) is 31.3 Å². The van der Waals surface area contributed by atoms with Crippen molar-refractivity contribution >= 4 is 5.91 Å². The second-order valence-electron chi connectivity index (χ2n) is 5.13. The molecule has 2 rings (SSSR count). The number of aliphatic hydroxyl groups excluding tert-OH is 1. The van der Waals surface area contributed by atoms with Crippen LogP contribution in [0.15, 0.2) is 16.9 Å².